The second-order valence-electron chi connectivity index (χ2n) is 11.0. The van der Waals surface area contributed by atoms with Crippen molar-refractivity contribution >= 4 is 10.9 Å². The average Bonchev–Trinajstić information content (AvgIpc) is 3.28. The maximum atomic E-state index is 13.0. The predicted octanol–water partition coefficient (Wildman–Crippen LogP) is 4.94. The van der Waals surface area contributed by atoms with Crippen LogP contribution in [0.4, 0.5) is 0 Å². The lowest BCUT2D eigenvalue weighted by atomic mass is 9.87. The summed E-state index contributed by atoms with van der Waals surface area (Å²) in [6.07, 6.45) is 9.21. The maximum Gasteiger partial charge on any atom is 0.258 e. The zero-order chi connectivity index (χ0) is 25.5. The third kappa shape index (κ3) is 4.62. The van der Waals surface area contributed by atoms with Crippen molar-refractivity contribution in [2.24, 2.45) is 13.0 Å². The number of aromatic amines is 1. The average molecular weight is 498 g/mol. The summed E-state index contributed by atoms with van der Waals surface area (Å²) >= 11 is 0. The van der Waals surface area contributed by atoms with Gasteiger partial charge in [0.2, 0.25) is 0 Å². The number of rotatable bonds is 6. The van der Waals surface area contributed by atoms with Gasteiger partial charge in [-0.05, 0) is 67.1 Å². The van der Waals surface area contributed by atoms with Gasteiger partial charge in [-0.25, -0.2) is 9.97 Å². The zero-order valence-corrected chi connectivity index (χ0v) is 21.9. The summed E-state index contributed by atoms with van der Waals surface area (Å²) in [6.45, 7) is 9.87. The van der Waals surface area contributed by atoms with Gasteiger partial charge in [-0.2, -0.15) is 0 Å². The monoisotopic (exact) mass is 497 g/mol. The molecule has 3 aromatic heterocycles. The van der Waals surface area contributed by atoms with Crippen LogP contribution in [0.3, 0.4) is 0 Å². The molecule has 7 nitrogen and oxygen atoms in total. The Morgan fingerprint density at radius 2 is 1.84 bits per heavy atom. The lowest BCUT2D eigenvalue weighted by Gasteiger charge is -2.37. The van der Waals surface area contributed by atoms with E-state index in [1.54, 1.807) is 24.0 Å². The number of H-pyrrole nitrogens is 1. The molecular formula is C30H35N5O2. The molecule has 6 rings (SSSR count). The molecule has 0 aliphatic carbocycles. The molecule has 0 atom stereocenters. The fraction of sp³-hybridized carbons (Fsp3) is 0.433. The van der Waals surface area contributed by atoms with Crippen LogP contribution in [0, 0.1) is 5.92 Å². The first-order valence-corrected chi connectivity index (χ1v) is 13.4. The van der Waals surface area contributed by atoms with Crippen LogP contribution in [0.15, 0.2) is 54.0 Å². The minimum Gasteiger partial charge on any atom is -0.381 e. The van der Waals surface area contributed by atoms with E-state index in [4.69, 9.17) is 4.74 Å². The number of nitrogens with one attached hydrogen (secondary N) is 1. The van der Waals surface area contributed by atoms with E-state index in [-0.39, 0.29) is 5.56 Å². The molecule has 0 radical (unpaired) electrons. The predicted molar refractivity (Wildman–Crippen MR) is 147 cm³/mol. The first kappa shape index (κ1) is 24.1. The maximum absolute atomic E-state index is 13.0. The summed E-state index contributed by atoms with van der Waals surface area (Å²) < 4.78 is 7.02. The Hall–Kier alpha value is -3.29. The molecule has 7 heteroatoms. The van der Waals surface area contributed by atoms with E-state index < -0.39 is 0 Å². The number of ether oxygens (including phenoxy) is 1. The van der Waals surface area contributed by atoms with Gasteiger partial charge in [0.1, 0.15) is 6.33 Å². The van der Waals surface area contributed by atoms with Crippen molar-refractivity contribution < 1.29 is 4.74 Å². The summed E-state index contributed by atoms with van der Waals surface area (Å²) in [5.74, 6) is 1.65. The Morgan fingerprint density at radius 1 is 1.08 bits per heavy atom. The van der Waals surface area contributed by atoms with Gasteiger partial charge >= 0.3 is 0 Å². The van der Waals surface area contributed by atoms with E-state index in [0.29, 0.717) is 17.4 Å². The van der Waals surface area contributed by atoms with Crippen molar-refractivity contribution in [2.45, 2.75) is 38.5 Å². The van der Waals surface area contributed by atoms with Gasteiger partial charge in [-0.15, -0.1) is 0 Å². The summed E-state index contributed by atoms with van der Waals surface area (Å²) in [4.78, 5) is 27.5. The highest BCUT2D eigenvalue weighted by Crippen LogP contribution is 2.38. The van der Waals surface area contributed by atoms with Crippen molar-refractivity contribution in [2.75, 3.05) is 32.8 Å². The Morgan fingerprint density at radius 3 is 2.51 bits per heavy atom. The molecule has 0 saturated carbocycles. The molecule has 4 aromatic rings. The first-order valence-electron chi connectivity index (χ1n) is 13.4. The van der Waals surface area contributed by atoms with E-state index in [1.165, 1.54) is 55.3 Å². The smallest absolute Gasteiger partial charge is 0.258 e. The second kappa shape index (κ2) is 9.88. The van der Waals surface area contributed by atoms with Crippen LogP contribution in [0.1, 0.15) is 49.7 Å². The fourth-order valence-electron chi connectivity index (χ4n) is 6.01. The second-order valence-corrected chi connectivity index (χ2v) is 11.0. The van der Waals surface area contributed by atoms with Crippen LogP contribution in [-0.4, -0.2) is 57.3 Å². The summed E-state index contributed by atoms with van der Waals surface area (Å²) in [6, 6.07) is 8.94. The standard InChI is InChI=1S/C30H35N5O2/c1-19(2)28-26-10-22(21-6-8-35(9-7-21)14-20-16-37-17-20)4-5-27(26)33-29(28)23-11-25(30(36)34(3)15-23)24-12-31-18-32-13-24/h4-5,10-13,15,18-21,33H,6-9,14,16-17H2,1-3H3. The van der Waals surface area contributed by atoms with Crippen molar-refractivity contribution in [1.82, 2.24) is 24.4 Å². The third-order valence-electron chi connectivity index (χ3n) is 8.07. The first-order chi connectivity index (χ1) is 18.0. The molecule has 0 unspecified atom stereocenters. The van der Waals surface area contributed by atoms with E-state index in [1.807, 2.05) is 12.3 Å². The van der Waals surface area contributed by atoms with Gasteiger partial charge in [-0.1, -0.05) is 19.9 Å². The van der Waals surface area contributed by atoms with Crippen molar-refractivity contribution in [3.8, 4) is 22.4 Å². The minimum absolute atomic E-state index is 0.0563. The SMILES string of the molecule is CC(C)c1c(-c2cc(-c3cncnc3)c(=O)n(C)c2)[nH]c2ccc(C3CCN(CC4COC4)CC3)cc12. The molecule has 2 aliphatic rings. The Balaban J connectivity index is 1.34. The van der Waals surface area contributed by atoms with Crippen LogP contribution in [0.25, 0.3) is 33.3 Å². The number of benzene rings is 1. The van der Waals surface area contributed by atoms with Crippen molar-refractivity contribution in [3.05, 3.63) is 70.7 Å². The van der Waals surface area contributed by atoms with E-state index in [2.05, 4.69) is 51.9 Å². The Bertz CT molecular complexity index is 1460. The Labute approximate surface area is 217 Å². The number of aromatic nitrogens is 4. The topological polar surface area (TPSA) is 76.0 Å². The highest BCUT2D eigenvalue weighted by molar-refractivity contribution is 5.92. The number of piperidine rings is 1. The Kier molecular flexibility index (Phi) is 6.42. The molecule has 2 aliphatic heterocycles. The highest BCUT2D eigenvalue weighted by atomic mass is 16.5. The van der Waals surface area contributed by atoms with Gasteiger partial charge in [0.05, 0.1) is 24.5 Å². The molecule has 0 amide bonds. The van der Waals surface area contributed by atoms with Gasteiger partial charge < -0.3 is 19.2 Å². The summed E-state index contributed by atoms with van der Waals surface area (Å²) in [5, 5.41) is 1.29. The lowest BCUT2D eigenvalue weighted by Crippen LogP contribution is -2.42. The number of hydrogen-bond donors (Lipinski definition) is 1. The number of nitrogens with zero attached hydrogens (tertiary/aromatic N) is 4. The zero-order valence-electron chi connectivity index (χ0n) is 21.9. The molecular weight excluding hydrogens is 462 g/mol. The number of hydrogen-bond acceptors (Lipinski definition) is 5. The highest BCUT2D eigenvalue weighted by Gasteiger charge is 2.27. The number of pyridine rings is 1. The molecule has 5 heterocycles. The van der Waals surface area contributed by atoms with Gasteiger partial charge in [0, 0.05) is 60.1 Å². The lowest BCUT2D eigenvalue weighted by molar-refractivity contribution is -0.0487. The van der Waals surface area contributed by atoms with E-state index >= 15 is 0 Å². The summed E-state index contributed by atoms with van der Waals surface area (Å²) in [5.41, 5.74) is 7.23. The molecule has 0 spiro atoms. The van der Waals surface area contributed by atoms with Crippen LogP contribution in [0.2, 0.25) is 0 Å². The van der Waals surface area contributed by atoms with Gasteiger partial charge in [0.25, 0.3) is 5.56 Å². The number of likely N-dealkylation sites (tertiary alicyclic amines) is 1. The largest absolute Gasteiger partial charge is 0.381 e. The number of fused-ring (bicyclic) bond motifs is 1. The fourth-order valence-corrected chi connectivity index (χ4v) is 6.01. The molecule has 0 bridgehead atoms. The van der Waals surface area contributed by atoms with Crippen LogP contribution in [0.5, 0.6) is 0 Å². The van der Waals surface area contributed by atoms with Crippen LogP contribution in [-0.2, 0) is 11.8 Å². The van der Waals surface area contributed by atoms with Crippen LogP contribution < -0.4 is 5.56 Å². The van der Waals surface area contributed by atoms with Gasteiger partial charge in [-0.3, -0.25) is 4.79 Å². The normalized spacial score (nSPS) is 17.5. The molecule has 1 aromatic carbocycles. The molecule has 2 saturated heterocycles. The summed E-state index contributed by atoms with van der Waals surface area (Å²) in [7, 11) is 1.80. The van der Waals surface area contributed by atoms with Crippen molar-refractivity contribution in [1.29, 1.82) is 0 Å². The molecule has 192 valence electrons. The quantitative estimate of drug-likeness (QED) is 0.408. The third-order valence-corrected chi connectivity index (χ3v) is 8.07. The molecule has 37 heavy (non-hydrogen) atoms. The van der Waals surface area contributed by atoms with E-state index in [0.717, 1.165) is 41.5 Å². The number of aryl methyl sites for hydroxylation is 1. The molecule has 2 fully saturated rings. The van der Waals surface area contributed by atoms with E-state index in [9.17, 15) is 4.79 Å². The van der Waals surface area contributed by atoms with Gasteiger partial charge in [0.15, 0.2) is 0 Å². The van der Waals surface area contributed by atoms with Crippen LogP contribution >= 0.6 is 0 Å². The molecule has 1 N–H and O–H groups in total. The van der Waals surface area contributed by atoms with Crippen molar-refractivity contribution in [3.63, 3.8) is 0 Å². The minimum atomic E-state index is -0.0563.